The Kier molecular flexibility index (Phi) is 7.87. The third-order valence-corrected chi connectivity index (χ3v) is 4.24. The molecular formula is C22H28N2O4. The van der Waals surface area contributed by atoms with E-state index >= 15 is 0 Å². The number of ether oxygens (including phenoxy) is 2. The molecule has 0 saturated carbocycles. The number of para-hydroxylation sites is 1. The van der Waals surface area contributed by atoms with E-state index in [1.165, 1.54) is 5.56 Å². The lowest BCUT2D eigenvalue weighted by atomic mass is 10.0. The van der Waals surface area contributed by atoms with Crippen molar-refractivity contribution in [3.8, 4) is 11.5 Å². The van der Waals surface area contributed by atoms with Gasteiger partial charge < -0.3 is 9.47 Å². The first-order chi connectivity index (χ1) is 13.4. The summed E-state index contributed by atoms with van der Waals surface area (Å²) in [5, 5.41) is 0. The number of rotatable bonds is 8. The second kappa shape index (κ2) is 10.3. The predicted molar refractivity (Wildman–Crippen MR) is 108 cm³/mol. The number of hydrogen-bond donors (Lipinski definition) is 2. The van der Waals surface area contributed by atoms with Crippen LogP contribution in [-0.4, -0.2) is 24.5 Å². The zero-order valence-corrected chi connectivity index (χ0v) is 16.8. The van der Waals surface area contributed by atoms with Crippen molar-refractivity contribution >= 4 is 11.8 Å². The maximum absolute atomic E-state index is 12.1. The highest BCUT2D eigenvalue weighted by atomic mass is 16.5. The fraction of sp³-hybridized carbons (Fsp3) is 0.364. The van der Waals surface area contributed by atoms with E-state index in [0.29, 0.717) is 11.5 Å². The Morgan fingerprint density at radius 3 is 2.29 bits per heavy atom. The van der Waals surface area contributed by atoms with Gasteiger partial charge in [-0.25, -0.2) is 0 Å². The number of amides is 2. The summed E-state index contributed by atoms with van der Waals surface area (Å²) in [7, 11) is 0. The summed E-state index contributed by atoms with van der Waals surface area (Å²) < 4.78 is 11.2. The fourth-order valence-electron chi connectivity index (χ4n) is 2.56. The van der Waals surface area contributed by atoms with Crippen molar-refractivity contribution < 1.29 is 19.1 Å². The minimum absolute atomic E-state index is 0.197. The lowest BCUT2D eigenvalue weighted by Crippen LogP contribution is -2.48. The normalized spacial score (nSPS) is 11.6. The Hall–Kier alpha value is -3.02. The minimum Gasteiger partial charge on any atom is -0.483 e. The van der Waals surface area contributed by atoms with E-state index in [0.717, 1.165) is 12.0 Å². The highest BCUT2D eigenvalue weighted by Crippen LogP contribution is 2.25. The van der Waals surface area contributed by atoms with Gasteiger partial charge in [0.05, 0.1) is 0 Å². The van der Waals surface area contributed by atoms with Crippen molar-refractivity contribution in [3.63, 3.8) is 0 Å². The monoisotopic (exact) mass is 384 g/mol. The molecule has 6 nitrogen and oxygen atoms in total. The first-order valence-electron chi connectivity index (χ1n) is 9.46. The summed E-state index contributed by atoms with van der Waals surface area (Å²) in [6.07, 6.45) is 0.182. The SMILES string of the molecule is CCc1ccc(O[C@H](C)C(=O)NNC(=O)COc2ccccc2C(C)C)cc1. The van der Waals surface area contributed by atoms with Gasteiger partial charge >= 0.3 is 0 Å². The predicted octanol–water partition coefficient (Wildman–Crippen LogP) is 3.37. The van der Waals surface area contributed by atoms with Gasteiger partial charge in [0.25, 0.3) is 11.8 Å². The largest absolute Gasteiger partial charge is 0.483 e. The third kappa shape index (κ3) is 6.30. The molecule has 0 radical (unpaired) electrons. The van der Waals surface area contributed by atoms with Crippen LogP contribution in [0.3, 0.4) is 0 Å². The smallest absolute Gasteiger partial charge is 0.279 e. The summed E-state index contributed by atoms with van der Waals surface area (Å²) in [6, 6.07) is 15.1. The van der Waals surface area contributed by atoms with Crippen molar-refractivity contribution in [2.24, 2.45) is 0 Å². The van der Waals surface area contributed by atoms with Gasteiger partial charge in [0.2, 0.25) is 0 Å². The van der Waals surface area contributed by atoms with E-state index in [9.17, 15) is 9.59 Å². The minimum atomic E-state index is -0.754. The maximum atomic E-state index is 12.1. The number of carbonyl (C=O) groups is 2. The number of hydrogen-bond acceptors (Lipinski definition) is 4. The first-order valence-corrected chi connectivity index (χ1v) is 9.46. The van der Waals surface area contributed by atoms with Crippen LogP contribution in [0.1, 0.15) is 44.7 Å². The van der Waals surface area contributed by atoms with Crippen LogP contribution in [0.4, 0.5) is 0 Å². The molecule has 6 heteroatoms. The highest BCUT2D eigenvalue weighted by Gasteiger charge is 2.16. The molecule has 0 aliphatic rings. The Morgan fingerprint density at radius 1 is 0.964 bits per heavy atom. The lowest BCUT2D eigenvalue weighted by molar-refractivity contribution is -0.133. The molecule has 2 amide bonds. The molecule has 28 heavy (non-hydrogen) atoms. The molecule has 0 spiro atoms. The van der Waals surface area contributed by atoms with E-state index < -0.39 is 17.9 Å². The van der Waals surface area contributed by atoms with Crippen LogP contribution < -0.4 is 20.3 Å². The number of aryl methyl sites for hydroxylation is 1. The standard InChI is InChI=1S/C22H28N2O4/c1-5-17-10-12-18(13-11-17)28-16(4)22(26)24-23-21(25)14-27-20-9-7-6-8-19(20)15(2)3/h6-13,15-16H,5,14H2,1-4H3,(H,23,25)(H,24,26)/t16-/m1/s1. The molecule has 0 aromatic heterocycles. The van der Waals surface area contributed by atoms with Crippen LogP contribution in [0, 0.1) is 0 Å². The molecule has 150 valence electrons. The Bertz CT molecular complexity index is 787. The Morgan fingerprint density at radius 2 is 1.64 bits per heavy atom. The van der Waals surface area contributed by atoms with Gasteiger partial charge in [-0.3, -0.25) is 20.4 Å². The van der Waals surface area contributed by atoms with Crippen LogP contribution in [0.15, 0.2) is 48.5 Å². The van der Waals surface area contributed by atoms with Crippen molar-refractivity contribution in [2.45, 2.75) is 46.1 Å². The summed E-state index contributed by atoms with van der Waals surface area (Å²) in [5.41, 5.74) is 6.91. The third-order valence-electron chi connectivity index (χ3n) is 4.24. The average Bonchev–Trinajstić information content (AvgIpc) is 2.71. The zero-order chi connectivity index (χ0) is 20.5. The molecule has 0 bridgehead atoms. The summed E-state index contributed by atoms with van der Waals surface area (Å²) in [5.74, 6) is 0.635. The first kappa shape index (κ1) is 21.3. The molecule has 0 aliphatic carbocycles. The molecular weight excluding hydrogens is 356 g/mol. The molecule has 0 unspecified atom stereocenters. The topological polar surface area (TPSA) is 76.7 Å². The van der Waals surface area contributed by atoms with Gasteiger partial charge in [-0.05, 0) is 48.6 Å². The van der Waals surface area contributed by atoms with E-state index in [-0.39, 0.29) is 12.5 Å². The Balaban J connectivity index is 1.77. The average molecular weight is 384 g/mol. The van der Waals surface area contributed by atoms with Crippen LogP contribution >= 0.6 is 0 Å². The summed E-state index contributed by atoms with van der Waals surface area (Å²) in [4.78, 5) is 24.1. The van der Waals surface area contributed by atoms with Crippen molar-refractivity contribution in [3.05, 3.63) is 59.7 Å². The molecule has 0 saturated heterocycles. The molecule has 0 heterocycles. The van der Waals surface area contributed by atoms with Gasteiger partial charge in [0.1, 0.15) is 11.5 Å². The van der Waals surface area contributed by atoms with Crippen molar-refractivity contribution in [1.29, 1.82) is 0 Å². The van der Waals surface area contributed by atoms with E-state index in [4.69, 9.17) is 9.47 Å². The number of carbonyl (C=O) groups excluding carboxylic acids is 2. The van der Waals surface area contributed by atoms with Crippen LogP contribution in [0.2, 0.25) is 0 Å². The molecule has 2 aromatic rings. The molecule has 2 aromatic carbocycles. The summed E-state index contributed by atoms with van der Waals surface area (Å²) in [6.45, 7) is 7.60. The molecule has 0 fully saturated rings. The molecule has 2 rings (SSSR count). The van der Waals surface area contributed by atoms with Crippen LogP contribution in [0.5, 0.6) is 11.5 Å². The number of benzene rings is 2. The van der Waals surface area contributed by atoms with E-state index in [1.54, 1.807) is 6.92 Å². The van der Waals surface area contributed by atoms with Gasteiger partial charge in [-0.1, -0.05) is 51.1 Å². The van der Waals surface area contributed by atoms with Crippen molar-refractivity contribution in [2.75, 3.05) is 6.61 Å². The van der Waals surface area contributed by atoms with Crippen LogP contribution in [-0.2, 0) is 16.0 Å². The molecule has 2 N–H and O–H groups in total. The van der Waals surface area contributed by atoms with Gasteiger partial charge in [-0.2, -0.15) is 0 Å². The van der Waals surface area contributed by atoms with Crippen LogP contribution in [0.25, 0.3) is 0 Å². The van der Waals surface area contributed by atoms with Gasteiger partial charge in [-0.15, -0.1) is 0 Å². The number of nitrogens with one attached hydrogen (secondary N) is 2. The quantitative estimate of drug-likeness (QED) is 0.684. The van der Waals surface area contributed by atoms with E-state index in [1.807, 2.05) is 48.5 Å². The van der Waals surface area contributed by atoms with Gasteiger partial charge in [0, 0.05) is 0 Å². The second-order valence-corrected chi connectivity index (χ2v) is 6.78. The fourth-order valence-corrected chi connectivity index (χ4v) is 2.56. The second-order valence-electron chi connectivity index (χ2n) is 6.78. The maximum Gasteiger partial charge on any atom is 0.279 e. The molecule has 0 aliphatic heterocycles. The summed E-state index contributed by atoms with van der Waals surface area (Å²) >= 11 is 0. The van der Waals surface area contributed by atoms with E-state index in [2.05, 4.69) is 31.6 Å². The van der Waals surface area contributed by atoms with Crippen molar-refractivity contribution in [1.82, 2.24) is 10.9 Å². The zero-order valence-electron chi connectivity index (χ0n) is 16.8. The molecule has 1 atom stereocenters. The Labute approximate surface area is 166 Å². The highest BCUT2D eigenvalue weighted by molar-refractivity contribution is 5.85. The number of hydrazine groups is 1. The van der Waals surface area contributed by atoms with Gasteiger partial charge in [0.15, 0.2) is 12.7 Å². The lowest BCUT2D eigenvalue weighted by Gasteiger charge is -2.16.